The molecule has 0 saturated carbocycles. The largest absolute Gasteiger partial charge is 0.490 e. The predicted octanol–water partition coefficient (Wildman–Crippen LogP) is 2.24. The molecular formula is C22H30N4O4. The number of hydrogen-bond donors (Lipinski definition) is 1. The number of carbonyl (C=O) groups is 2. The standard InChI is InChI=1S/C22H30N4O4/c1-3-26-16-17(15-24-26)14-23-22(28)18-4-6-19(7-5-18)30-20-8-11-25(12-9-20)21(27)10-13-29-2/h4-7,15-16,20H,3,8-14H2,1-2H3,(H,23,28). The Bertz CT molecular complexity index is 826. The fourth-order valence-corrected chi connectivity index (χ4v) is 3.40. The Labute approximate surface area is 177 Å². The average Bonchev–Trinajstić information content (AvgIpc) is 3.25. The zero-order valence-electron chi connectivity index (χ0n) is 17.7. The van der Waals surface area contributed by atoms with Gasteiger partial charge in [0.2, 0.25) is 5.91 Å². The molecule has 1 aliphatic heterocycles. The minimum atomic E-state index is -0.131. The van der Waals surface area contributed by atoms with Crippen molar-refractivity contribution in [3.8, 4) is 5.75 Å². The second-order valence-electron chi connectivity index (χ2n) is 7.35. The van der Waals surface area contributed by atoms with E-state index in [0.29, 0.717) is 38.2 Å². The van der Waals surface area contributed by atoms with E-state index in [0.717, 1.165) is 30.7 Å². The van der Waals surface area contributed by atoms with Gasteiger partial charge in [-0.25, -0.2) is 0 Å². The fraction of sp³-hybridized carbons (Fsp3) is 0.500. The molecule has 0 unspecified atom stereocenters. The van der Waals surface area contributed by atoms with Gasteiger partial charge in [-0.1, -0.05) is 0 Å². The molecule has 2 heterocycles. The zero-order valence-corrected chi connectivity index (χ0v) is 17.7. The third kappa shape index (κ3) is 6.06. The van der Waals surface area contributed by atoms with Crippen molar-refractivity contribution in [2.75, 3.05) is 26.8 Å². The molecule has 0 atom stereocenters. The zero-order chi connectivity index (χ0) is 21.3. The van der Waals surface area contributed by atoms with Crippen LogP contribution < -0.4 is 10.1 Å². The number of nitrogens with one attached hydrogen (secondary N) is 1. The van der Waals surface area contributed by atoms with Crippen LogP contribution in [0.1, 0.15) is 42.1 Å². The molecule has 1 saturated heterocycles. The van der Waals surface area contributed by atoms with Crippen LogP contribution in [-0.2, 0) is 22.6 Å². The van der Waals surface area contributed by atoms with Gasteiger partial charge in [-0.2, -0.15) is 5.10 Å². The van der Waals surface area contributed by atoms with Crippen molar-refractivity contribution in [1.29, 1.82) is 0 Å². The Morgan fingerprint density at radius 2 is 1.93 bits per heavy atom. The molecule has 0 bridgehead atoms. The smallest absolute Gasteiger partial charge is 0.251 e. The molecule has 30 heavy (non-hydrogen) atoms. The number of aryl methyl sites for hydroxylation is 1. The summed E-state index contributed by atoms with van der Waals surface area (Å²) >= 11 is 0. The van der Waals surface area contributed by atoms with Crippen molar-refractivity contribution in [2.24, 2.45) is 0 Å². The van der Waals surface area contributed by atoms with Crippen LogP contribution in [0.25, 0.3) is 0 Å². The van der Waals surface area contributed by atoms with E-state index in [1.165, 1.54) is 0 Å². The normalized spacial score (nSPS) is 14.5. The molecule has 3 rings (SSSR count). The third-order valence-corrected chi connectivity index (χ3v) is 5.20. The van der Waals surface area contributed by atoms with E-state index >= 15 is 0 Å². The van der Waals surface area contributed by atoms with Crippen LogP contribution in [0, 0.1) is 0 Å². The third-order valence-electron chi connectivity index (χ3n) is 5.20. The van der Waals surface area contributed by atoms with Gasteiger partial charge in [-0.15, -0.1) is 0 Å². The molecule has 1 aromatic heterocycles. The van der Waals surface area contributed by atoms with Crippen molar-refractivity contribution >= 4 is 11.8 Å². The minimum absolute atomic E-state index is 0.0752. The summed E-state index contributed by atoms with van der Waals surface area (Å²) in [4.78, 5) is 26.3. The maximum atomic E-state index is 12.3. The summed E-state index contributed by atoms with van der Waals surface area (Å²) in [7, 11) is 1.60. The van der Waals surface area contributed by atoms with Crippen LogP contribution in [0.15, 0.2) is 36.7 Å². The second kappa shape index (κ2) is 10.8. The SMILES string of the molecule is CCn1cc(CNC(=O)c2ccc(OC3CCN(C(=O)CCOC)CC3)cc2)cn1. The summed E-state index contributed by atoms with van der Waals surface area (Å²) in [6, 6.07) is 7.17. The number of rotatable bonds is 9. The average molecular weight is 415 g/mol. The highest BCUT2D eigenvalue weighted by atomic mass is 16.5. The van der Waals surface area contributed by atoms with Crippen molar-refractivity contribution in [2.45, 2.75) is 45.4 Å². The Morgan fingerprint density at radius 3 is 2.57 bits per heavy atom. The van der Waals surface area contributed by atoms with Gasteiger partial charge < -0.3 is 19.7 Å². The van der Waals surface area contributed by atoms with Crippen LogP contribution in [0.2, 0.25) is 0 Å². The van der Waals surface area contributed by atoms with Crippen LogP contribution in [-0.4, -0.2) is 59.4 Å². The topological polar surface area (TPSA) is 85.7 Å². The number of carbonyl (C=O) groups excluding carboxylic acids is 2. The molecule has 1 fully saturated rings. The minimum Gasteiger partial charge on any atom is -0.490 e. The van der Waals surface area contributed by atoms with Gasteiger partial charge in [0.05, 0.1) is 19.2 Å². The van der Waals surface area contributed by atoms with Gasteiger partial charge in [0.1, 0.15) is 11.9 Å². The highest BCUT2D eigenvalue weighted by molar-refractivity contribution is 5.94. The number of methoxy groups -OCH3 is 1. The van der Waals surface area contributed by atoms with Crippen molar-refractivity contribution < 1.29 is 19.1 Å². The van der Waals surface area contributed by atoms with Gasteiger partial charge >= 0.3 is 0 Å². The Kier molecular flexibility index (Phi) is 7.84. The summed E-state index contributed by atoms with van der Waals surface area (Å²) in [5.41, 5.74) is 1.56. The molecule has 8 heteroatoms. The lowest BCUT2D eigenvalue weighted by atomic mass is 10.1. The van der Waals surface area contributed by atoms with E-state index in [2.05, 4.69) is 10.4 Å². The van der Waals surface area contributed by atoms with E-state index in [-0.39, 0.29) is 17.9 Å². The molecule has 2 amide bonds. The van der Waals surface area contributed by atoms with Gasteiger partial charge in [-0.3, -0.25) is 14.3 Å². The number of benzene rings is 1. The van der Waals surface area contributed by atoms with E-state index in [1.54, 1.807) is 25.4 Å². The second-order valence-corrected chi connectivity index (χ2v) is 7.35. The van der Waals surface area contributed by atoms with Crippen LogP contribution in [0.4, 0.5) is 0 Å². The molecule has 0 aliphatic carbocycles. The van der Waals surface area contributed by atoms with Gasteiger partial charge in [0.25, 0.3) is 5.91 Å². The Balaban J connectivity index is 1.43. The first-order valence-electron chi connectivity index (χ1n) is 10.4. The van der Waals surface area contributed by atoms with Gasteiger partial charge in [-0.05, 0) is 31.2 Å². The number of nitrogens with zero attached hydrogens (tertiary/aromatic N) is 3. The molecule has 2 aromatic rings. The number of amides is 2. The first-order valence-corrected chi connectivity index (χ1v) is 10.4. The van der Waals surface area contributed by atoms with E-state index < -0.39 is 0 Å². The number of piperidine rings is 1. The van der Waals surface area contributed by atoms with Crippen LogP contribution >= 0.6 is 0 Å². The maximum absolute atomic E-state index is 12.3. The molecule has 162 valence electrons. The maximum Gasteiger partial charge on any atom is 0.251 e. The summed E-state index contributed by atoms with van der Waals surface area (Å²) in [6.45, 7) is 5.12. The fourth-order valence-electron chi connectivity index (χ4n) is 3.40. The number of hydrogen-bond acceptors (Lipinski definition) is 5. The molecule has 1 aliphatic rings. The van der Waals surface area contributed by atoms with E-state index in [9.17, 15) is 9.59 Å². The Morgan fingerprint density at radius 1 is 1.20 bits per heavy atom. The molecule has 0 spiro atoms. The first kappa shape index (κ1) is 21.8. The van der Waals surface area contributed by atoms with Crippen molar-refractivity contribution in [3.05, 3.63) is 47.8 Å². The Hall–Kier alpha value is -2.87. The van der Waals surface area contributed by atoms with Crippen LogP contribution in [0.3, 0.4) is 0 Å². The monoisotopic (exact) mass is 414 g/mol. The molecule has 1 N–H and O–H groups in total. The summed E-state index contributed by atoms with van der Waals surface area (Å²) in [5.74, 6) is 0.737. The lowest BCUT2D eigenvalue weighted by Gasteiger charge is -2.32. The summed E-state index contributed by atoms with van der Waals surface area (Å²) in [5, 5.41) is 7.11. The molecule has 8 nitrogen and oxygen atoms in total. The lowest BCUT2D eigenvalue weighted by molar-refractivity contribution is -0.133. The van der Waals surface area contributed by atoms with Crippen LogP contribution in [0.5, 0.6) is 5.75 Å². The summed E-state index contributed by atoms with van der Waals surface area (Å²) < 4.78 is 12.8. The molecule has 1 aromatic carbocycles. The first-order chi connectivity index (χ1) is 14.6. The summed E-state index contributed by atoms with van der Waals surface area (Å²) in [6.07, 6.45) is 5.78. The predicted molar refractivity (Wildman–Crippen MR) is 112 cm³/mol. The molecular weight excluding hydrogens is 384 g/mol. The van der Waals surface area contributed by atoms with Gasteiger partial charge in [0.15, 0.2) is 0 Å². The highest BCUT2D eigenvalue weighted by Crippen LogP contribution is 2.20. The lowest BCUT2D eigenvalue weighted by Crippen LogP contribution is -2.42. The highest BCUT2D eigenvalue weighted by Gasteiger charge is 2.23. The quantitative estimate of drug-likeness (QED) is 0.680. The number of likely N-dealkylation sites (tertiary alicyclic amines) is 1. The molecule has 0 radical (unpaired) electrons. The van der Waals surface area contributed by atoms with E-state index in [4.69, 9.17) is 9.47 Å². The number of ether oxygens (including phenoxy) is 2. The van der Waals surface area contributed by atoms with Gasteiger partial charge in [0, 0.05) is 63.5 Å². The van der Waals surface area contributed by atoms with Crippen molar-refractivity contribution in [1.82, 2.24) is 20.0 Å². The van der Waals surface area contributed by atoms with Crippen molar-refractivity contribution in [3.63, 3.8) is 0 Å². The van der Waals surface area contributed by atoms with E-state index in [1.807, 2.05) is 34.8 Å². The number of aromatic nitrogens is 2.